The van der Waals surface area contributed by atoms with E-state index in [1.54, 1.807) is 0 Å². The van der Waals surface area contributed by atoms with Gasteiger partial charge in [0.15, 0.2) is 5.75 Å². The van der Waals surface area contributed by atoms with Crippen LogP contribution in [0.2, 0.25) is 5.02 Å². The molecule has 3 rings (SSSR count). The smallest absolute Gasteiger partial charge is 0.417 e. The van der Waals surface area contributed by atoms with Crippen molar-refractivity contribution in [2.45, 2.75) is 12.4 Å². The lowest BCUT2D eigenvalue weighted by Crippen LogP contribution is -2.28. The molecule has 0 bridgehead atoms. The summed E-state index contributed by atoms with van der Waals surface area (Å²) in [5.74, 6) is -1.11. The van der Waals surface area contributed by atoms with E-state index in [9.17, 15) is 40.5 Å². The van der Waals surface area contributed by atoms with Crippen molar-refractivity contribution in [1.82, 2.24) is 0 Å². The minimum absolute atomic E-state index is 0.102. The fourth-order valence-corrected chi connectivity index (χ4v) is 7.59. The first-order valence-corrected chi connectivity index (χ1v) is 13.1. The Morgan fingerprint density at radius 2 is 1.32 bits per heavy atom. The van der Waals surface area contributed by atoms with Crippen LogP contribution in [-0.2, 0) is 16.9 Å². The summed E-state index contributed by atoms with van der Waals surface area (Å²) in [6, 6.07) is 8.30. The summed E-state index contributed by atoms with van der Waals surface area (Å²) in [7, 11) is -3.69. The van der Waals surface area contributed by atoms with Crippen molar-refractivity contribution in [3.8, 4) is 11.5 Å². The van der Waals surface area contributed by atoms with Crippen molar-refractivity contribution in [3.63, 3.8) is 0 Å². The first kappa shape index (κ1) is 29.7. The molecule has 0 saturated carbocycles. The van der Waals surface area contributed by atoms with Crippen LogP contribution in [0.4, 0.5) is 26.3 Å². The zero-order valence-corrected chi connectivity index (χ0v) is 22.4. The Balaban J connectivity index is 2.58. The zero-order valence-electron chi connectivity index (χ0n) is 19.2. The summed E-state index contributed by atoms with van der Waals surface area (Å²) in [6.45, 7) is 0. The third-order valence-electron chi connectivity index (χ3n) is 5.32. The van der Waals surface area contributed by atoms with Gasteiger partial charge in [0, 0.05) is 5.56 Å². The molecular weight excluding hydrogens is 629 g/mol. The number of ether oxygens (including phenoxy) is 2. The molecule has 202 valence electrons. The van der Waals surface area contributed by atoms with Crippen molar-refractivity contribution in [2.24, 2.45) is 0 Å². The number of rotatable bonds is 7. The van der Waals surface area contributed by atoms with Gasteiger partial charge in [-0.1, -0.05) is 48.0 Å². The summed E-state index contributed by atoms with van der Waals surface area (Å²) in [5, 5.41) is -1.25. The second kappa shape index (κ2) is 10.7. The number of alkyl halides is 6. The van der Waals surface area contributed by atoms with Crippen LogP contribution in [0.25, 0.3) is 0 Å². The molecule has 3 aromatic rings. The predicted molar refractivity (Wildman–Crippen MR) is 131 cm³/mol. The van der Waals surface area contributed by atoms with Crippen LogP contribution in [-0.4, -0.2) is 25.3 Å². The number of methoxy groups -OCH3 is 2. The molecule has 1 unspecified atom stereocenters. The van der Waals surface area contributed by atoms with E-state index >= 15 is 0 Å². The first-order valence-electron chi connectivity index (χ1n) is 10.2. The Labute approximate surface area is 225 Å². The number of hydrogen-bond donors (Lipinski definition) is 0. The number of hydrogen-bond acceptors (Lipinski definition) is 5. The maximum absolute atomic E-state index is 14.8. The lowest BCUT2D eigenvalue weighted by molar-refractivity contribution is -0.143. The number of carbonyl (C=O) groups excluding carboxylic acids is 2. The molecule has 0 N–H and O–H groups in total. The summed E-state index contributed by atoms with van der Waals surface area (Å²) >= 11 is 9.21. The van der Waals surface area contributed by atoms with Gasteiger partial charge in [0.1, 0.15) is 11.1 Å². The van der Waals surface area contributed by atoms with Crippen LogP contribution in [0, 0.1) is 0 Å². The maximum Gasteiger partial charge on any atom is 0.417 e. The average Bonchev–Trinajstić information content (AvgIpc) is 2.86. The van der Waals surface area contributed by atoms with E-state index in [4.69, 9.17) is 21.1 Å². The normalized spacial score (nSPS) is 13.5. The van der Waals surface area contributed by atoms with Gasteiger partial charge in [0.2, 0.25) is 11.0 Å². The molecule has 5 nitrogen and oxygen atoms in total. The van der Waals surface area contributed by atoms with Gasteiger partial charge in [-0.15, -0.1) is 0 Å². The van der Waals surface area contributed by atoms with E-state index in [1.807, 2.05) is 0 Å². The molecule has 3 aromatic carbocycles. The quantitative estimate of drug-likeness (QED) is 0.194. The molecule has 0 fully saturated rings. The molecule has 0 aliphatic carbocycles. The standard InChI is InChI=1S/C24H15BrClF6O5P/c1-36-18-15(25)11-16(26)19(37-2)20(18)38(35,21(33)12-7-4-3-5-8-12)22(34)17-13(23(27,28)29)9-6-10-14(17)24(30,31)32/h3-11H,1-2H3. The molecule has 1 atom stereocenters. The SMILES string of the molecule is COc1c(Cl)cc(Br)c(OC)c1P(=O)(C(=O)c1ccccc1)C(=O)c1c(C(F)(F)F)cccc1C(F)(F)F. The van der Waals surface area contributed by atoms with Crippen LogP contribution in [0.15, 0.2) is 59.1 Å². The van der Waals surface area contributed by atoms with Gasteiger partial charge >= 0.3 is 12.4 Å². The van der Waals surface area contributed by atoms with Crippen molar-refractivity contribution in [3.05, 3.63) is 86.3 Å². The molecule has 0 saturated heterocycles. The van der Waals surface area contributed by atoms with Crippen LogP contribution in [0.3, 0.4) is 0 Å². The fraction of sp³-hybridized carbons (Fsp3) is 0.167. The fourth-order valence-electron chi connectivity index (χ4n) is 3.72. The maximum atomic E-state index is 14.8. The third kappa shape index (κ3) is 5.21. The Morgan fingerprint density at radius 1 is 0.816 bits per heavy atom. The van der Waals surface area contributed by atoms with Gasteiger partial charge in [-0.25, -0.2) is 0 Å². The molecule has 14 heteroatoms. The summed E-state index contributed by atoms with van der Waals surface area (Å²) < 4.78 is 109. The van der Waals surface area contributed by atoms with Gasteiger partial charge in [-0.2, -0.15) is 26.3 Å². The lowest BCUT2D eigenvalue weighted by atomic mass is 10.0. The number of halogens is 8. The van der Waals surface area contributed by atoms with Crippen molar-refractivity contribution in [1.29, 1.82) is 0 Å². The Hall–Kier alpha value is -2.82. The molecule has 0 heterocycles. The third-order valence-corrected chi connectivity index (χ3v) is 8.85. The minimum atomic E-state index is -5.69. The van der Waals surface area contributed by atoms with E-state index in [-0.39, 0.29) is 21.6 Å². The second-order valence-electron chi connectivity index (χ2n) is 7.56. The van der Waals surface area contributed by atoms with E-state index < -0.39 is 69.6 Å². The molecule has 0 radical (unpaired) electrons. The van der Waals surface area contributed by atoms with Crippen molar-refractivity contribution in [2.75, 3.05) is 14.2 Å². The Kier molecular flexibility index (Phi) is 8.41. The van der Waals surface area contributed by atoms with Gasteiger partial charge in [-0.05, 0) is 34.1 Å². The molecule has 0 aliphatic heterocycles. The topological polar surface area (TPSA) is 69.7 Å². The summed E-state index contributed by atoms with van der Waals surface area (Å²) in [5.41, 5.74) is -10.3. The summed E-state index contributed by atoms with van der Waals surface area (Å²) in [4.78, 5) is 27.7. The van der Waals surface area contributed by atoms with E-state index in [0.29, 0.717) is 6.07 Å². The highest BCUT2D eigenvalue weighted by molar-refractivity contribution is 9.10. The van der Waals surface area contributed by atoms with Crippen molar-refractivity contribution >= 4 is 51.0 Å². The van der Waals surface area contributed by atoms with E-state index in [2.05, 4.69) is 15.9 Å². The van der Waals surface area contributed by atoms with Crippen LogP contribution in [0.5, 0.6) is 11.5 Å². The molecule has 0 amide bonds. The minimum Gasteiger partial charge on any atom is -0.495 e. The molecule has 0 aromatic heterocycles. The summed E-state index contributed by atoms with van der Waals surface area (Å²) in [6.07, 6.45) is -11.0. The average molecular weight is 644 g/mol. The van der Waals surface area contributed by atoms with Crippen LogP contribution >= 0.6 is 34.7 Å². The highest BCUT2D eigenvalue weighted by Crippen LogP contribution is 2.59. The van der Waals surface area contributed by atoms with E-state index in [1.165, 1.54) is 18.2 Å². The molecule has 38 heavy (non-hydrogen) atoms. The largest absolute Gasteiger partial charge is 0.495 e. The van der Waals surface area contributed by atoms with Gasteiger partial charge in [-0.3, -0.25) is 9.59 Å². The van der Waals surface area contributed by atoms with Gasteiger partial charge in [0.25, 0.3) is 7.14 Å². The highest BCUT2D eigenvalue weighted by atomic mass is 79.9. The van der Waals surface area contributed by atoms with Gasteiger partial charge < -0.3 is 14.0 Å². The molecule has 0 spiro atoms. The monoisotopic (exact) mass is 642 g/mol. The van der Waals surface area contributed by atoms with Crippen LogP contribution in [0.1, 0.15) is 31.8 Å². The Morgan fingerprint density at radius 3 is 1.76 bits per heavy atom. The van der Waals surface area contributed by atoms with Crippen molar-refractivity contribution < 1.29 is 50.0 Å². The van der Waals surface area contributed by atoms with Gasteiger partial charge in [0.05, 0.1) is 40.4 Å². The number of benzene rings is 3. The molecule has 0 aliphatic rings. The first-order chi connectivity index (χ1) is 17.6. The Bertz CT molecular complexity index is 1400. The molecular formula is C24H15BrClF6O5P. The zero-order chi connectivity index (χ0) is 28.6. The highest BCUT2D eigenvalue weighted by Gasteiger charge is 2.53. The second-order valence-corrected chi connectivity index (χ2v) is 11.3. The van der Waals surface area contributed by atoms with E-state index in [0.717, 1.165) is 32.4 Å². The number of carbonyl (C=O) groups is 2. The van der Waals surface area contributed by atoms with Crippen LogP contribution < -0.4 is 14.8 Å². The predicted octanol–water partition coefficient (Wildman–Crippen LogP) is 7.83. The lowest BCUT2D eigenvalue weighted by Gasteiger charge is -2.25.